The Balaban J connectivity index is 1.52. The minimum absolute atomic E-state index is 0.0761. The molecule has 136 valence electrons. The van der Waals surface area contributed by atoms with Crippen molar-refractivity contribution in [1.82, 2.24) is 4.98 Å². The number of fused-ring (bicyclic) bond motifs is 1. The van der Waals surface area contributed by atoms with Crippen molar-refractivity contribution in [3.63, 3.8) is 0 Å². The molecule has 2 N–H and O–H groups in total. The highest BCUT2D eigenvalue weighted by atomic mass is 16.5. The maximum absolute atomic E-state index is 6.10. The highest BCUT2D eigenvalue weighted by molar-refractivity contribution is 5.85. The number of ether oxygens (including phenoxy) is 2. The summed E-state index contributed by atoms with van der Waals surface area (Å²) >= 11 is 0. The summed E-state index contributed by atoms with van der Waals surface area (Å²) in [7, 11) is 0. The monoisotopic (exact) mass is 350 g/mol. The Bertz CT molecular complexity index is 892. The molecule has 0 fully saturated rings. The molecule has 26 heavy (non-hydrogen) atoms. The normalized spacial score (nSPS) is 12.1. The fraction of sp³-hybridized carbons (Fsp3) is 0.318. The number of hydrogen-bond acceptors (Lipinski definition) is 4. The zero-order valence-electron chi connectivity index (χ0n) is 15.7. The van der Waals surface area contributed by atoms with E-state index in [4.69, 9.17) is 15.2 Å². The zero-order chi connectivity index (χ0) is 18.5. The fourth-order valence-corrected chi connectivity index (χ4v) is 2.87. The first-order chi connectivity index (χ1) is 12.5. The second kappa shape index (κ2) is 8.09. The minimum atomic E-state index is 0.0761. The third-order valence-corrected chi connectivity index (χ3v) is 4.54. The molecule has 1 atom stereocenters. The van der Waals surface area contributed by atoms with Crippen molar-refractivity contribution in [2.24, 2.45) is 0 Å². The van der Waals surface area contributed by atoms with E-state index in [0.29, 0.717) is 12.4 Å². The number of hydrogen-bond donors (Lipinski definition) is 1. The van der Waals surface area contributed by atoms with Gasteiger partial charge in [-0.25, -0.2) is 4.98 Å². The molecule has 0 aliphatic carbocycles. The highest BCUT2D eigenvalue weighted by Gasteiger charge is 2.09. The van der Waals surface area contributed by atoms with Crippen LogP contribution >= 0.6 is 0 Å². The van der Waals surface area contributed by atoms with Gasteiger partial charge in [0.15, 0.2) is 0 Å². The third-order valence-electron chi connectivity index (χ3n) is 4.54. The molecule has 1 heterocycles. The number of rotatable bonds is 7. The third kappa shape index (κ3) is 4.45. The Morgan fingerprint density at radius 1 is 1.04 bits per heavy atom. The summed E-state index contributed by atoms with van der Waals surface area (Å²) in [5.41, 5.74) is 9.16. The van der Waals surface area contributed by atoms with Crippen LogP contribution in [0.4, 0.5) is 5.82 Å². The predicted molar refractivity (Wildman–Crippen MR) is 107 cm³/mol. The van der Waals surface area contributed by atoms with Gasteiger partial charge in [0.05, 0.1) is 12.7 Å². The molecular weight excluding hydrogens is 324 g/mol. The van der Waals surface area contributed by atoms with Crippen LogP contribution in [0.2, 0.25) is 0 Å². The summed E-state index contributed by atoms with van der Waals surface area (Å²) in [4.78, 5) is 4.41. The van der Waals surface area contributed by atoms with Crippen molar-refractivity contribution in [3.8, 4) is 11.5 Å². The number of aromatic nitrogens is 1. The van der Waals surface area contributed by atoms with E-state index in [2.05, 4.69) is 37.9 Å². The van der Waals surface area contributed by atoms with Gasteiger partial charge in [-0.05, 0) is 75.1 Å². The molecule has 0 amide bonds. The predicted octanol–water partition coefficient (Wildman–Crippen LogP) is 5.06. The van der Waals surface area contributed by atoms with Gasteiger partial charge in [-0.15, -0.1) is 0 Å². The Hall–Kier alpha value is -2.75. The van der Waals surface area contributed by atoms with Crippen molar-refractivity contribution in [2.75, 3.05) is 12.3 Å². The Labute approximate surface area is 155 Å². The lowest BCUT2D eigenvalue weighted by Crippen LogP contribution is -2.13. The second-order valence-corrected chi connectivity index (χ2v) is 6.73. The average Bonchev–Trinajstić information content (AvgIpc) is 2.62. The van der Waals surface area contributed by atoms with Gasteiger partial charge in [0.25, 0.3) is 0 Å². The number of pyridine rings is 1. The molecule has 0 saturated carbocycles. The first kappa shape index (κ1) is 18.1. The summed E-state index contributed by atoms with van der Waals surface area (Å²) in [5, 5.41) is 1.03. The maximum atomic E-state index is 6.10. The van der Waals surface area contributed by atoms with Crippen LogP contribution in [0.15, 0.2) is 48.5 Å². The van der Waals surface area contributed by atoms with Gasteiger partial charge in [-0.3, -0.25) is 0 Å². The van der Waals surface area contributed by atoms with Gasteiger partial charge in [0.1, 0.15) is 22.8 Å². The van der Waals surface area contributed by atoms with Gasteiger partial charge >= 0.3 is 0 Å². The van der Waals surface area contributed by atoms with Crippen molar-refractivity contribution in [2.45, 2.75) is 39.7 Å². The smallest absolute Gasteiger partial charge is 0.146 e. The van der Waals surface area contributed by atoms with Crippen molar-refractivity contribution >= 4 is 16.7 Å². The minimum Gasteiger partial charge on any atom is -0.494 e. The Morgan fingerprint density at radius 2 is 1.88 bits per heavy atom. The number of aryl methyl sites for hydroxylation is 2. The molecule has 4 heteroatoms. The molecule has 0 bridgehead atoms. The van der Waals surface area contributed by atoms with Crippen LogP contribution in [0.1, 0.15) is 30.9 Å². The van der Waals surface area contributed by atoms with E-state index in [-0.39, 0.29) is 6.10 Å². The van der Waals surface area contributed by atoms with Crippen molar-refractivity contribution in [1.29, 1.82) is 0 Å². The molecule has 1 unspecified atom stereocenters. The summed E-state index contributed by atoms with van der Waals surface area (Å²) in [6.45, 7) is 6.95. The molecule has 3 rings (SSSR count). The largest absolute Gasteiger partial charge is 0.494 e. The molecule has 3 aromatic rings. The zero-order valence-corrected chi connectivity index (χ0v) is 15.7. The molecule has 2 aromatic carbocycles. The van der Waals surface area contributed by atoms with Gasteiger partial charge in [-0.2, -0.15) is 0 Å². The van der Waals surface area contributed by atoms with E-state index in [0.717, 1.165) is 35.2 Å². The number of anilines is 1. The van der Waals surface area contributed by atoms with E-state index in [1.165, 1.54) is 11.1 Å². The molecule has 4 nitrogen and oxygen atoms in total. The average molecular weight is 350 g/mol. The number of benzene rings is 2. The van der Waals surface area contributed by atoms with Crippen LogP contribution in [0.3, 0.4) is 0 Å². The highest BCUT2D eigenvalue weighted by Crippen LogP contribution is 2.26. The summed E-state index contributed by atoms with van der Waals surface area (Å²) in [6.07, 6.45) is 1.91. The summed E-state index contributed by atoms with van der Waals surface area (Å²) < 4.78 is 11.9. The SMILES string of the molecule is Cc1ccc(OCCCC(C)Oc2cccc3ccc(N)nc23)cc1C. The van der Waals surface area contributed by atoms with Crippen LogP contribution in [-0.4, -0.2) is 17.7 Å². The van der Waals surface area contributed by atoms with Crippen LogP contribution in [-0.2, 0) is 0 Å². The maximum Gasteiger partial charge on any atom is 0.146 e. The van der Waals surface area contributed by atoms with E-state index >= 15 is 0 Å². The lowest BCUT2D eigenvalue weighted by molar-refractivity contribution is 0.195. The van der Waals surface area contributed by atoms with Crippen LogP contribution in [0.25, 0.3) is 10.9 Å². The molecule has 0 spiro atoms. The molecule has 0 saturated heterocycles. The molecular formula is C22H26N2O2. The molecule has 1 aromatic heterocycles. The van der Waals surface area contributed by atoms with E-state index in [9.17, 15) is 0 Å². The number of nitrogen functional groups attached to an aromatic ring is 1. The van der Waals surface area contributed by atoms with Crippen molar-refractivity contribution < 1.29 is 9.47 Å². The Morgan fingerprint density at radius 3 is 2.69 bits per heavy atom. The molecule has 0 radical (unpaired) electrons. The lowest BCUT2D eigenvalue weighted by atomic mass is 10.1. The summed E-state index contributed by atoms with van der Waals surface area (Å²) in [6, 6.07) is 15.9. The van der Waals surface area contributed by atoms with Gasteiger partial charge in [-0.1, -0.05) is 18.2 Å². The quantitative estimate of drug-likeness (QED) is 0.605. The topological polar surface area (TPSA) is 57.4 Å². The van der Waals surface area contributed by atoms with Crippen LogP contribution in [0.5, 0.6) is 11.5 Å². The number of nitrogens with zero attached hydrogens (tertiary/aromatic N) is 1. The standard InChI is InChI=1S/C22H26N2O2/c1-15-9-11-19(14-16(15)2)25-13-5-6-17(3)26-20-8-4-7-18-10-12-21(23)24-22(18)20/h4,7-12,14,17H,5-6,13H2,1-3H3,(H2,23,24). The molecule has 0 aliphatic rings. The fourth-order valence-electron chi connectivity index (χ4n) is 2.87. The first-order valence-electron chi connectivity index (χ1n) is 9.05. The van der Waals surface area contributed by atoms with Crippen LogP contribution < -0.4 is 15.2 Å². The van der Waals surface area contributed by atoms with Gasteiger partial charge < -0.3 is 15.2 Å². The lowest BCUT2D eigenvalue weighted by Gasteiger charge is -2.16. The van der Waals surface area contributed by atoms with Crippen molar-refractivity contribution in [3.05, 3.63) is 59.7 Å². The molecule has 0 aliphatic heterocycles. The first-order valence-corrected chi connectivity index (χ1v) is 9.05. The number of nitrogens with two attached hydrogens (primary N) is 1. The second-order valence-electron chi connectivity index (χ2n) is 6.73. The van der Waals surface area contributed by atoms with E-state index < -0.39 is 0 Å². The van der Waals surface area contributed by atoms with E-state index in [1.807, 2.05) is 30.3 Å². The van der Waals surface area contributed by atoms with Crippen LogP contribution in [0, 0.1) is 13.8 Å². The summed E-state index contributed by atoms with van der Waals surface area (Å²) in [5.74, 6) is 2.20. The van der Waals surface area contributed by atoms with Gasteiger partial charge in [0.2, 0.25) is 0 Å². The number of para-hydroxylation sites is 1. The Kier molecular flexibility index (Phi) is 5.61. The van der Waals surface area contributed by atoms with Gasteiger partial charge in [0, 0.05) is 5.39 Å². The van der Waals surface area contributed by atoms with E-state index in [1.54, 1.807) is 6.07 Å².